The van der Waals surface area contributed by atoms with Gasteiger partial charge in [-0.1, -0.05) is 29.8 Å². The van der Waals surface area contributed by atoms with Crippen molar-refractivity contribution in [1.29, 1.82) is 0 Å². The summed E-state index contributed by atoms with van der Waals surface area (Å²) in [6, 6.07) is 7.11. The van der Waals surface area contributed by atoms with Crippen LogP contribution in [0, 0.1) is 3.57 Å². The molecule has 1 amide bonds. The number of benzene rings is 1. The van der Waals surface area contributed by atoms with Crippen LogP contribution in [0.25, 0.3) is 11.3 Å². The van der Waals surface area contributed by atoms with Gasteiger partial charge >= 0.3 is 12.2 Å². The molecule has 0 radical (unpaired) electrons. The SMILES string of the molecule is CC(C)(C)OC(=O)Nc1c(I)c(-c2ccccc2Cl)nn1C(=O)OC(C)(C)C. The van der Waals surface area contributed by atoms with E-state index in [9.17, 15) is 9.59 Å². The molecule has 0 atom stereocenters. The molecule has 0 saturated carbocycles. The zero-order valence-electron chi connectivity index (χ0n) is 16.6. The van der Waals surface area contributed by atoms with Crippen molar-refractivity contribution >= 4 is 52.2 Å². The molecule has 0 aliphatic carbocycles. The number of carbonyl (C=O) groups excluding carboxylic acids is 2. The quantitative estimate of drug-likeness (QED) is 0.497. The number of carbonyl (C=O) groups is 2. The van der Waals surface area contributed by atoms with E-state index in [2.05, 4.69) is 10.4 Å². The number of anilines is 1. The van der Waals surface area contributed by atoms with Gasteiger partial charge in [0.15, 0.2) is 5.82 Å². The zero-order chi connectivity index (χ0) is 21.3. The first-order valence-corrected chi connectivity index (χ1v) is 10.0. The van der Waals surface area contributed by atoms with Crippen molar-refractivity contribution in [2.45, 2.75) is 52.7 Å². The number of rotatable bonds is 2. The average Bonchev–Trinajstić information content (AvgIpc) is 2.81. The van der Waals surface area contributed by atoms with Crippen molar-refractivity contribution in [2.24, 2.45) is 0 Å². The van der Waals surface area contributed by atoms with Crippen molar-refractivity contribution in [3.05, 3.63) is 32.9 Å². The molecule has 152 valence electrons. The van der Waals surface area contributed by atoms with Crippen LogP contribution in [0.1, 0.15) is 41.5 Å². The Labute approximate surface area is 182 Å². The highest BCUT2D eigenvalue weighted by molar-refractivity contribution is 14.1. The number of ether oxygens (including phenoxy) is 2. The smallest absolute Gasteiger partial charge is 0.437 e. The maximum Gasteiger partial charge on any atom is 0.437 e. The molecule has 0 unspecified atom stereocenters. The van der Waals surface area contributed by atoms with Crippen molar-refractivity contribution in [1.82, 2.24) is 9.78 Å². The van der Waals surface area contributed by atoms with E-state index in [-0.39, 0.29) is 5.82 Å². The molecule has 0 bridgehead atoms. The first-order chi connectivity index (χ1) is 12.8. The number of hydrogen-bond donors (Lipinski definition) is 1. The second-order valence-corrected chi connectivity index (χ2v) is 9.50. The Hall–Kier alpha value is -1.81. The van der Waals surface area contributed by atoms with Crippen LogP contribution in [-0.2, 0) is 9.47 Å². The Morgan fingerprint density at radius 1 is 1.07 bits per heavy atom. The normalized spacial score (nSPS) is 11.9. The summed E-state index contributed by atoms with van der Waals surface area (Å²) < 4.78 is 12.3. The van der Waals surface area contributed by atoms with Gasteiger partial charge in [0, 0.05) is 5.56 Å². The molecular weight excluding hydrogens is 497 g/mol. The molecule has 2 aromatic rings. The van der Waals surface area contributed by atoms with E-state index in [0.29, 0.717) is 19.9 Å². The lowest BCUT2D eigenvalue weighted by Gasteiger charge is -2.21. The minimum absolute atomic E-state index is 0.152. The van der Waals surface area contributed by atoms with Crippen molar-refractivity contribution in [3.8, 4) is 11.3 Å². The monoisotopic (exact) mass is 519 g/mol. The van der Waals surface area contributed by atoms with Gasteiger partial charge in [0.2, 0.25) is 0 Å². The van der Waals surface area contributed by atoms with Crippen LogP contribution in [0.15, 0.2) is 24.3 Å². The summed E-state index contributed by atoms with van der Waals surface area (Å²) in [6.45, 7) is 10.5. The third kappa shape index (κ3) is 5.84. The molecule has 1 N–H and O–H groups in total. The number of hydrogen-bond acceptors (Lipinski definition) is 5. The molecule has 1 aromatic heterocycles. The minimum atomic E-state index is -0.734. The summed E-state index contributed by atoms with van der Waals surface area (Å²) >= 11 is 8.29. The molecule has 0 saturated heterocycles. The van der Waals surface area contributed by atoms with Gasteiger partial charge in [-0.05, 0) is 70.2 Å². The maximum atomic E-state index is 12.7. The highest BCUT2D eigenvalue weighted by Gasteiger charge is 2.28. The van der Waals surface area contributed by atoms with Crippen LogP contribution in [-0.4, -0.2) is 33.2 Å². The molecular formula is C19H23ClIN3O4. The van der Waals surface area contributed by atoms with Crippen LogP contribution in [0.5, 0.6) is 0 Å². The van der Waals surface area contributed by atoms with E-state index >= 15 is 0 Å². The molecule has 1 heterocycles. The van der Waals surface area contributed by atoms with Gasteiger partial charge in [-0.15, -0.1) is 4.68 Å². The fourth-order valence-electron chi connectivity index (χ4n) is 2.17. The Balaban J connectivity index is 2.52. The largest absolute Gasteiger partial charge is 0.444 e. The Bertz CT molecular complexity index is 898. The van der Waals surface area contributed by atoms with Gasteiger partial charge in [-0.25, -0.2) is 9.59 Å². The van der Waals surface area contributed by atoms with Gasteiger partial charge in [0.1, 0.15) is 16.9 Å². The summed E-state index contributed by atoms with van der Waals surface area (Å²) in [5, 5.41) is 7.42. The third-order valence-electron chi connectivity index (χ3n) is 3.14. The van der Waals surface area contributed by atoms with Gasteiger partial charge in [0.25, 0.3) is 0 Å². The van der Waals surface area contributed by atoms with E-state index in [1.165, 1.54) is 0 Å². The van der Waals surface area contributed by atoms with Crippen molar-refractivity contribution in [2.75, 3.05) is 5.32 Å². The van der Waals surface area contributed by atoms with Gasteiger partial charge < -0.3 is 9.47 Å². The van der Waals surface area contributed by atoms with Crippen molar-refractivity contribution in [3.63, 3.8) is 0 Å². The van der Waals surface area contributed by atoms with Crippen LogP contribution >= 0.6 is 34.2 Å². The summed E-state index contributed by atoms with van der Waals surface area (Å²) in [4.78, 5) is 25.0. The fraction of sp³-hybridized carbons (Fsp3) is 0.421. The lowest BCUT2D eigenvalue weighted by molar-refractivity contribution is 0.0518. The van der Waals surface area contributed by atoms with Gasteiger partial charge in [-0.3, -0.25) is 5.32 Å². The summed E-state index contributed by atoms with van der Waals surface area (Å²) in [5.74, 6) is 0.152. The first kappa shape index (κ1) is 22.5. The Kier molecular flexibility index (Phi) is 6.65. The first-order valence-electron chi connectivity index (χ1n) is 8.55. The molecule has 7 nitrogen and oxygen atoms in total. The molecule has 0 fully saturated rings. The fourth-order valence-corrected chi connectivity index (χ4v) is 3.16. The Morgan fingerprint density at radius 3 is 2.18 bits per heavy atom. The number of aromatic nitrogens is 2. The highest BCUT2D eigenvalue weighted by Crippen LogP contribution is 2.34. The standard InChI is InChI=1S/C19H23ClIN3O4/c1-18(2,3)27-16(25)22-15-13(21)14(11-9-7-8-10-12(11)20)23-24(15)17(26)28-19(4,5)6/h7-10H,1-6H3,(H,22,25). The lowest BCUT2D eigenvalue weighted by atomic mass is 10.1. The predicted molar refractivity (Wildman–Crippen MR) is 117 cm³/mol. The van der Waals surface area contributed by atoms with E-state index in [4.69, 9.17) is 21.1 Å². The van der Waals surface area contributed by atoms with Gasteiger partial charge in [-0.2, -0.15) is 5.10 Å². The van der Waals surface area contributed by atoms with Crippen LogP contribution in [0.4, 0.5) is 15.4 Å². The maximum absolute atomic E-state index is 12.7. The molecule has 0 aliphatic heterocycles. The number of nitrogens with zero attached hydrogens (tertiary/aromatic N) is 2. The summed E-state index contributed by atoms with van der Waals surface area (Å²) in [7, 11) is 0. The van der Waals surface area contributed by atoms with Crippen LogP contribution in [0.2, 0.25) is 5.02 Å². The topological polar surface area (TPSA) is 82.5 Å². The lowest BCUT2D eigenvalue weighted by Crippen LogP contribution is -2.31. The summed E-state index contributed by atoms with van der Waals surface area (Å²) in [6.07, 6.45) is -1.43. The predicted octanol–water partition coefficient (Wildman–Crippen LogP) is 5.94. The average molecular weight is 520 g/mol. The van der Waals surface area contributed by atoms with Crippen molar-refractivity contribution < 1.29 is 19.1 Å². The van der Waals surface area contributed by atoms with Gasteiger partial charge in [0.05, 0.1) is 8.59 Å². The molecule has 9 heteroatoms. The second-order valence-electron chi connectivity index (χ2n) is 8.01. The molecule has 1 aromatic carbocycles. The van der Waals surface area contributed by atoms with E-state index < -0.39 is 23.4 Å². The number of halogens is 2. The number of nitrogens with one attached hydrogen (secondary N) is 1. The van der Waals surface area contributed by atoms with E-state index in [0.717, 1.165) is 4.68 Å². The molecule has 2 rings (SSSR count). The van der Waals surface area contributed by atoms with Crippen LogP contribution in [0.3, 0.4) is 0 Å². The third-order valence-corrected chi connectivity index (χ3v) is 4.49. The second kappa shape index (κ2) is 8.28. The minimum Gasteiger partial charge on any atom is -0.444 e. The molecule has 0 aliphatic rings. The summed E-state index contributed by atoms with van der Waals surface area (Å²) in [5.41, 5.74) is -0.355. The number of amides is 1. The van der Waals surface area contributed by atoms with E-state index in [1.807, 2.05) is 28.7 Å². The van der Waals surface area contributed by atoms with E-state index in [1.54, 1.807) is 59.7 Å². The zero-order valence-corrected chi connectivity index (χ0v) is 19.5. The van der Waals surface area contributed by atoms with Crippen LogP contribution < -0.4 is 5.32 Å². The highest BCUT2D eigenvalue weighted by atomic mass is 127. The molecule has 28 heavy (non-hydrogen) atoms. The Morgan fingerprint density at radius 2 is 1.64 bits per heavy atom. The molecule has 0 spiro atoms.